The highest BCUT2D eigenvalue weighted by Crippen LogP contribution is 2.31. The number of rotatable bonds is 6. The van der Waals surface area contributed by atoms with Crippen LogP contribution in [0.25, 0.3) is 0 Å². The first kappa shape index (κ1) is 20.0. The smallest absolute Gasteiger partial charge is 0.229 e. The lowest BCUT2D eigenvalue weighted by Gasteiger charge is -2.20. The van der Waals surface area contributed by atoms with E-state index >= 15 is 0 Å². The van der Waals surface area contributed by atoms with Gasteiger partial charge >= 0.3 is 0 Å². The minimum absolute atomic E-state index is 0.0227. The van der Waals surface area contributed by atoms with Gasteiger partial charge in [-0.25, -0.2) is 0 Å². The number of para-hydroxylation sites is 1. The van der Waals surface area contributed by atoms with Gasteiger partial charge in [-0.05, 0) is 43.2 Å². The molecule has 1 saturated heterocycles. The summed E-state index contributed by atoms with van der Waals surface area (Å²) < 4.78 is 0. The van der Waals surface area contributed by atoms with E-state index in [-0.39, 0.29) is 24.2 Å². The quantitative estimate of drug-likeness (QED) is 0.587. The Morgan fingerprint density at radius 1 is 1.25 bits per heavy atom. The molecule has 3 rings (SSSR count). The Kier molecular flexibility index (Phi) is 6.37. The summed E-state index contributed by atoms with van der Waals surface area (Å²) in [5, 5.41) is 11.7. The van der Waals surface area contributed by atoms with Crippen molar-refractivity contribution in [1.82, 2.24) is 0 Å². The zero-order valence-corrected chi connectivity index (χ0v) is 16.9. The van der Waals surface area contributed by atoms with Crippen LogP contribution in [0.2, 0.25) is 0 Å². The maximum atomic E-state index is 12.8. The van der Waals surface area contributed by atoms with Gasteiger partial charge in [-0.1, -0.05) is 24.3 Å². The second kappa shape index (κ2) is 8.94. The third kappa shape index (κ3) is 4.37. The molecular formula is C22H23N3O2S. The van der Waals surface area contributed by atoms with Gasteiger partial charge in [0.15, 0.2) is 0 Å². The molecule has 28 heavy (non-hydrogen) atoms. The fourth-order valence-corrected chi connectivity index (χ4v) is 4.14. The number of carbonyl (C=O) groups is 2. The van der Waals surface area contributed by atoms with E-state index in [1.54, 1.807) is 16.7 Å². The molecule has 2 amide bonds. The molecule has 2 aromatic carbocycles. The van der Waals surface area contributed by atoms with Crippen LogP contribution in [0, 0.1) is 31.1 Å². The van der Waals surface area contributed by atoms with E-state index in [4.69, 9.17) is 5.26 Å². The van der Waals surface area contributed by atoms with Gasteiger partial charge in [0.1, 0.15) is 0 Å². The molecule has 1 heterocycles. The molecule has 1 fully saturated rings. The number of benzene rings is 2. The molecule has 0 spiro atoms. The molecule has 6 heteroatoms. The van der Waals surface area contributed by atoms with Crippen molar-refractivity contribution < 1.29 is 9.59 Å². The van der Waals surface area contributed by atoms with Crippen molar-refractivity contribution in [1.29, 1.82) is 5.26 Å². The average molecular weight is 394 g/mol. The van der Waals surface area contributed by atoms with Crippen molar-refractivity contribution in [2.75, 3.05) is 22.5 Å². The molecule has 144 valence electrons. The van der Waals surface area contributed by atoms with Crippen molar-refractivity contribution in [3.8, 4) is 6.07 Å². The van der Waals surface area contributed by atoms with Gasteiger partial charge in [-0.2, -0.15) is 5.26 Å². The fraction of sp³-hybridized carbons (Fsp3) is 0.318. The minimum Gasteiger partial charge on any atom is -0.325 e. The second-order valence-electron chi connectivity index (χ2n) is 6.87. The van der Waals surface area contributed by atoms with Crippen LogP contribution in [0.15, 0.2) is 47.4 Å². The number of nitrogens with zero attached hydrogens (tertiary/aromatic N) is 2. The van der Waals surface area contributed by atoms with Crippen LogP contribution in [0.1, 0.15) is 24.0 Å². The van der Waals surface area contributed by atoms with E-state index in [0.717, 1.165) is 27.4 Å². The van der Waals surface area contributed by atoms with Gasteiger partial charge in [0.05, 0.1) is 17.7 Å². The Hall–Kier alpha value is -2.78. The van der Waals surface area contributed by atoms with E-state index in [1.807, 2.05) is 56.3 Å². The van der Waals surface area contributed by atoms with E-state index in [1.165, 1.54) is 0 Å². The normalized spacial score (nSPS) is 16.1. The molecule has 0 unspecified atom stereocenters. The number of anilines is 2. The van der Waals surface area contributed by atoms with E-state index in [9.17, 15) is 9.59 Å². The summed E-state index contributed by atoms with van der Waals surface area (Å²) in [7, 11) is 0. The number of aryl methyl sites for hydroxylation is 1. The summed E-state index contributed by atoms with van der Waals surface area (Å²) in [6.07, 6.45) is 0.665. The largest absolute Gasteiger partial charge is 0.325 e. The van der Waals surface area contributed by atoms with Crippen molar-refractivity contribution in [2.24, 2.45) is 5.92 Å². The lowest BCUT2D eigenvalue weighted by Crippen LogP contribution is -2.28. The topological polar surface area (TPSA) is 73.2 Å². The fourth-order valence-electron chi connectivity index (χ4n) is 3.28. The number of nitrogens with one attached hydrogen (secondary N) is 1. The highest BCUT2D eigenvalue weighted by atomic mass is 32.2. The zero-order chi connectivity index (χ0) is 20.1. The third-order valence-corrected chi connectivity index (χ3v) is 6.05. The Balaban J connectivity index is 1.71. The molecule has 0 radical (unpaired) electrons. The molecule has 0 aliphatic carbocycles. The van der Waals surface area contributed by atoms with E-state index < -0.39 is 0 Å². The monoisotopic (exact) mass is 393 g/mol. The molecule has 5 nitrogen and oxygen atoms in total. The van der Waals surface area contributed by atoms with Crippen LogP contribution in [0.3, 0.4) is 0 Å². The maximum absolute atomic E-state index is 12.8. The highest BCUT2D eigenvalue weighted by molar-refractivity contribution is 7.99. The third-order valence-electron chi connectivity index (χ3n) is 4.98. The van der Waals surface area contributed by atoms with Crippen LogP contribution in [0.4, 0.5) is 11.4 Å². The van der Waals surface area contributed by atoms with Crippen LogP contribution >= 0.6 is 11.8 Å². The number of amides is 2. The van der Waals surface area contributed by atoms with Crippen LogP contribution in [0.5, 0.6) is 0 Å². The molecule has 2 aromatic rings. The van der Waals surface area contributed by atoms with Crippen LogP contribution in [-0.4, -0.2) is 24.1 Å². The summed E-state index contributed by atoms with van der Waals surface area (Å²) in [6, 6.07) is 15.6. The molecule has 1 aliphatic heterocycles. The first-order valence-corrected chi connectivity index (χ1v) is 10.3. The van der Waals surface area contributed by atoms with E-state index in [0.29, 0.717) is 18.7 Å². The standard InChI is InChI=1S/C22H23N3O2S/c1-15-7-5-9-19(16(15)2)25-14-17(13-21(25)26)22(27)24-18-8-3-4-10-20(18)28-12-6-11-23/h3-5,7-10,17H,6,12-14H2,1-2H3,(H,24,27)/t17-/m1/s1. The SMILES string of the molecule is Cc1cccc(N2C[C@H](C(=O)Nc3ccccc3SCCC#N)CC2=O)c1C. The molecule has 1 atom stereocenters. The molecule has 1 N–H and O–H groups in total. The Morgan fingerprint density at radius 3 is 2.82 bits per heavy atom. The number of thioether (sulfide) groups is 1. The van der Waals surface area contributed by atoms with Gasteiger partial charge in [0.2, 0.25) is 11.8 Å². The van der Waals surface area contributed by atoms with Crippen molar-refractivity contribution in [3.63, 3.8) is 0 Å². The zero-order valence-electron chi connectivity index (χ0n) is 16.1. The van der Waals surface area contributed by atoms with Crippen molar-refractivity contribution in [3.05, 3.63) is 53.6 Å². The highest BCUT2D eigenvalue weighted by Gasteiger charge is 2.36. The predicted octanol–water partition coefficient (Wildman–Crippen LogP) is 4.30. The first-order chi connectivity index (χ1) is 13.5. The molecule has 1 aliphatic rings. The minimum atomic E-state index is -0.385. The van der Waals surface area contributed by atoms with Crippen LogP contribution in [-0.2, 0) is 9.59 Å². The molecular weight excluding hydrogens is 370 g/mol. The number of carbonyl (C=O) groups excluding carboxylic acids is 2. The summed E-state index contributed by atoms with van der Waals surface area (Å²) in [5.74, 6) is 0.121. The van der Waals surface area contributed by atoms with Gasteiger partial charge < -0.3 is 10.2 Å². The Morgan fingerprint density at radius 2 is 2.04 bits per heavy atom. The summed E-state index contributed by atoms with van der Waals surface area (Å²) in [5.41, 5.74) is 3.80. The van der Waals surface area contributed by atoms with Gasteiger partial charge in [-0.15, -0.1) is 11.8 Å². The maximum Gasteiger partial charge on any atom is 0.229 e. The lowest BCUT2D eigenvalue weighted by molar-refractivity contribution is -0.122. The van der Waals surface area contributed by atoms with E-state index in [2.05, 4.69) is 11.4 Å². The summed E-state index contributed by atoms with van der Waals surface area (Å²) >= 11 is 1.54. The number of hydrogen-bond acceptors (Lipinski definition) is 4. The summed E-state index contributed by atoms with van der Waals surface area (Å²) in [6.45, 7) is 4.41. The lowest BCUT2D eigenvalue weighted by atomic mass is 10.1. The van der Waals surface area contributed by atoms with Gasteiger partial charge in [-0.3, -0.25) is 9.59 Å². The molecule has 0 saturated carbocycles. The Labute approximate surface area is 169 Å². The predicted molar refractivity (Wildman–Crippen MR) is 112 cm³/mol. The molecule has 0 bridgehead atoms. The number of hydrogen-bond donors (Lipinski definition) is 1. The second-order valence-corrected chi connectivity index (χ2v) is 8.00. The number of nitriles is 1. The van der Waals surface area contributed by atoms with Crippen molar-refractivity contribution >= 4 is 35.0 Å². The molecule has 0 aromatic heterocycles. The average Bonchev–Trinajstić information content (AvgIpc) is 3.07. The van der Waals surface area contributed by atoms with Crippen molar-refractivity contribution in [2.45, 2.75) is 31.6 Å². The van der Waals surface area contributed by atoms with Gasteiger partial charge in [0.25, 0.3) is 0 Å². The Bertz CT molecular complexity index is 936. The van der Waals surface area contributed by atoms with Gasteiger partial charge in [0, 0.05) is 35.7 Å². The summed E-state index contributed by atoms with van der Waals surface area (Å²) in [4.78, 5) is 28.0. The first-order valence-electron chi connectivity index (χ1n) is 9.27. The van der Waals surface area contributed by atoms with Crippen LogP contribution < -0.4 is 10.2 Å².